The third kappa shape index (κ3) is 6.89. The predicted molar refractivity (Wildman–Crippen MR) is 127 cm³/mol. The van der Waals surface area contributed by atoms with Gasteiger partial charge < -0.3 is 19.9 Å². The standard InChI is InChI=1S/C24H34N2O5.ClH/c1-8-18(25-15(6)7)22(27)17-9-11-19(30-23(28)13(2)3)21-16(17)10-12-20(26-21)31-24(29)14(4)5;/h9-15,18,22,25,27H,8H2,1-7H3;1H. The smallest absolute Gasteiger partial charge is 0.315 e. The van der Waals surface area contributed by atoms with E-state index in [0.717, 1.165) is 6.42 Å². The summed E-state index contributed by atoms with van der Waals surface area (Å²) >= 11 is 0. The molecule has 1 aromatic carbocycles. The van der Waals surface area contributed by atoms with Gasteiger partial charge in [-0.15, -0.1) is 12.4 Å². The first-order chi connectivity index (χ1) is 14.5. The van der Waals surface area contributed by atoms with Crippen LogP contribution < -0.4 is 14.8 Å². The number of carbonyl (C=O) groups excluding carboxylic acids is 2. The second-order valence-electron chi connectivity index (χ2n) is 8.63. The zero-order valence-electron chi connectivity index (χ0n) is 19.8. The highest BCUT2D eigenvalue weighted by molar-refractivity contribution is 5.91. The highest BCUT2D eigenvalue weighted by atomic mass is 35.5. The first kappa shape index (κ1) is 27.8. The lowest BCUT2D eigenvalue weighted by Crippen LogP contribution is -2.39. The topological polar surface area (TPSA) is 97.8 Å². The normalized spacial score (nSPS) is 13.2. The van der Waals surface area contributed by atoms with Gasteiger partial charge >= 0.3 is 11.9 Å². The summed E-state index contributed by atoms with van der Waals surface area (Å²) in [5.41, 5.74) is 1.02. The molecule has 1 heterocycles. The number of rotatable bonds is 9. The van der Waals surface area contributed by atoms with Gasteiger partial charge in [0.05, 0.1) is 17.9 Å². The van der Waals surface area contributed by atoms with Crippen molar-refractivity contribution >= 4 is 35.2 Å². The Balaban J connectivity index is 0.00000512. The Morgan fingerprint density at radius 1 is 0.969 bits per heavy atom. The van der Waals surface area contributed by atoms with Crippen LogP contribution >= 0.6 is 12.4 Å². The molecule has 0 bridgehead atoms. The fourth-order valence-electron chi connectivity index (χ4n) is 3.12. The first-order valence-corrected chi connectivity index (χ1v) is 10.9. The van der Waals surface area contributed by atoms with E-state index in [1.54, 1.807) is 52.0 Å². The summed E-state index contributed by atoms with van der Waals surface area (Å²) in [6.07, 6.45) is -0.0711. The maximum absolute atomic E-state index is 12.2. The number of aliphatic hydroxyl groups is 1. The Morgan fingerprint density at radius 2 is 1.56 bits per heavy atom. The number of aliphatic hydroxyl groups excluding tert-OH is 1. The zero-order valence-corrected chi connectivity index (χ0v) is 20.7. The van der Waals surface area contributed by atoms with Crippen LogP contribution in [0.15, 0.2) is 24.3 Å². The Morgan fingerprint density at radius 3 is 2.09 bits per heavy atom. The molecule has 0 aliphatic carbocycles. The molecule has 0 aliphatic heterocycles. The number of halogens is 1. The molecule has 0 fully saturated rings. The number of nitrogens with one attached hydrogen (secondary N) is 1. The van der Waals surface area contributed by atoms with Gasteiger partial charge in [-0.3, -0.25) is 9.59 Å². The highest BCUT2D eigenvalue weighted by Crippen LogP contribution is 2.34. The molecule has 0 radical (unpaired) electrons. The molecule has 0 saturated carbocycles. The van der Waals surface area contributed by atoms with Crippen LogP contribution in [0.5, 0.6) is 11.6 Å². The van der Waals surface area contributed by atoms with Crippen LogP contribution in [0.4, 0.5) is 0 Å². The van der Waals surface area contributed by atoms with E-state index in [1.807, 2.05) is 20.8 Å². The number of ether oxygens (including phenoxy) is 2. The minimum Gasteiger partial charge on any atom is -0.424 e. The second-order valence-corrected chi connectivity index (χ2v) is 8.63. The number of pyridine rings is 1. The third-order valence-electron chi connectivity index (χ3n) is 4.87. The lowest BCUT2D eigenvalue weighted by Gasteiger charge is -2.26. The molecular formula is C24H35ClN2O5. The number of esters is 2. The number of nitrogens with zero attached hydrogens (tertiary/aromatic N) is 1. The average Bonchev–Trinajstić information content (AvgIpc) is 2.71. The van der Waals surface area contributed by atoms with Gasteiger partial charge in [0.15, 0.2) is 5.75 Å². The molecule has 8 heteroatoms. The SMILES string of the molecule is CCC(NC(C)C)C(O)c1ccc(OC(=O)C(C)C)c2nc(OC(=O)C(C)C)ccc12.Cl. The van der Waals surface area contributed by atoms with Crippen LogP contribution in [0.2, 0.25) is 0 Å². The van der Waals surface area contributed by atoms with E-state index in [4.69, 9.17) is 9.47 Å². The Labute approximate surface area is 196 Å². The van der Waals surface area contributed by atoms with Crippen LogP contribution in [0.3, 0.4) is 0 Å². The minimum absolute atomic E-state index is 0. The third-order valence-corrected chi connectivity index (χ3v) is 4.87. The van der Waals surface area contributed by atoms with E-state index >= 15 is 0 Å². The molecule has 2 aromatic rings. The van der Waals surface area contributed by atoms with Crippen molar-refractivity contribution in [3.05, 3.63) is 29.8 Å². The number of benzene rings is 1. The fourth-order valence-corrected chi connectivity index (χ4v) is 3.12. The highest BCUT2D eigenvalue weighted by Gasteiger charge is 2.24. The number of hydrogen-bond acceptors (Lipinski definition) is 7. The van der Waals surface area contributed by atoms with Crippen molar-refractivity contribution < 1.29 is 24.2 Å². The van der Waals surface area contributed by atoms with Crippen molar-refractivity contribution in [1.29, 1.82) is 0 Å². The van der Waals surface area contributed by atoms with Crippen molar-refractivity contribution in [2.24, 2.45) is 11.8 Å². The summed E-state index contributed by atoms with van der Waals surface area (Å²) in [5.74, 6) is -1.05. The van der Waals surface area contributed by atoms with E-state index in [9.17, 15) is 14.7 Å². The van der Waals surface area contributed by atoms with E-state index < -0.39 is 18.0 Å². The summed E-state index contributed by atoms with van der Waals surface area (Å²) in [6.45, 7) is 13.0. The predicted octanol–water partition coefficient (Wildman–Crippen LogP) is 4.59. The Hall–Kier alpha value is -2.22. The van der Waals surface area contributed by atoms with Gasteiger partial charge in [0, 0.05) is 23.5 Å². The lowest BCUT2D eigenvalue weighted by molar-refractivity contribution is -0.138. The fraction of sp³-hybridized carbons (Fsp3) is 0.542. The van der Waals surface area contributed by atoms with Crippen LogP contribution in [-0.4, -0.2) is 34.1 Å². The second kappa shape index (κ2) is 12.1. The molecule has 0 amide bonds. The van der Waals surface area contributed by atoms with E-state index in [2.05, 4.69) is 10.3 Å². The average molecular weight is 467 g/mol. The van der Waals surface area contributed by atoms with Crippen LogP contribution in [-0.2, 0) is 9.59 Å². The molecule has 0 spiro atoms. The summed E-state index contributed by atoms with van der Waals surface area (Å²) in [7, 11) is 0. The summed E-state index contributed by atoms with van der Waals surface area (Å²) < 4.78 is 10.9. The molecule has 2 unspecified atom stereocenters. The molecule has 2 rings (SSSR count). The molecule has 1 aromatic heterocycles. The van der Waals surface area contributed by atoms with Gasteiger partial charge in [0.25, 0.3) is 0 Å². The number of aromatic nitrogens is 1. The number of fused-ring (bicyclic) bond motifs is 1. The molecule has 0 aliphatic rings. The number of hydrogen-bond donors (Lipinski definition) is 2. The molecule has 7 nitrogen and oxygen atoms in total. The lowest BCUT2D eigenvalue weighted by atomic mass is 9.95. The van der Waals surface area contributed by atoms with Gasteiger partial charge in [-0.25, -0.2) is 4.98 Å². The summed E-state index contributed by atoms with van der Waals surface area (Å²) in [4.78, 5) is 28.7. The Bertz CT molecular complexity index is 930. The summed E-state index contributed by atoms with van der Waals surface area (Å²) in [5, 5.41) is 15.1. The van der Waals surface area contributed by atoms with Gasteiger partial charge in [-0.1, -0.05) is 54.5 Å². The molecule has 178 valence electrons. The molecule has 0 saturated heterocycles. The van der Waals surface area contributed by atoms with Gasteiger partial charge in [-0.2, -0.15) is 0 Å². The minimum atomic E-state index is -0.796. The number of carbonyl (C=O) groups is 2. The van der Waals surface area contributed by atoms with Crippen molar-refractivity contribution in [3.63, 3.8) is 0 Å². The van der Waals surface area contributed by atoms with Crippen LogP contribution in [0.25, 0.3) is 10.9 Å². The van der Waals surface area contributed by atoms with Crippen molar-refractivity contribution in [3.8, 4) is 11.6 Å². The van der Waals surface area contributed by atoms with Crippen molar-refractivity contribution in [2.45, 2.75) is 73.1 Å². The van der Waals surface area contributed by atoms with E-state index in [-0.39, 0.29) is 48.0 Å². The summed E-state index contributed by atoms with van der Waals surface area (Å²) in [6, 6.07) is 6.75. The van der Waals surface area contributed by atoms with E-state index in [1.165, 1.54) is 0 Å². The maximum Gasteiger partial charge on any atom is 0.315 e. The van der Waals surface area contributed by atoms with Crippen LogP contribution in [0, 0.1) is 11.8 Å². The molecule has 32 heavy (non-hydrogen) atoms. The largest absolute Gasteiger partial charge is 0.424 e. The molecule has 2 atom stereocenters. The quantitative estimate of drug-likeness (QED) is 0.412. The van der Waals surface area contributed by atoms with Crippen molar-refractivity contribution in [2.75, 3.05) is 0 Å². The molecular weight excluding hydrogens is 432 g/mol. The monoisotopic (exact) mass is 466 g/mol. The van der Waals surface area contributed by atoms with Crippen molar-refractivity contribution in [1.82, 2.24) is 10.3 Å². The Kier molecular flexibility index (Phi) is 10.5. The molecule has 2 N–H and O–H groups in total. The van der Waals surface area contributed by atoms with Gasteiger partial charge in [-0.05, 0) is 24.1 Å². The van der Waals surface area contributed by atoms with Crippen LogP contribution in [0.1, 0.15) is 66.6 Å². The maximum atomic E-state index is 12.2. The van der Waals surface area contributed by atoms with E-state index in [0.29, 0.717) is 16.5 Å². The van der Waals surface area contributed by atoms with Gasteiger partial charge in [0.1, 0.15) is 5.52 Å². The van der Waals surface area contributed by atoms with Gasteiger partial charge in [0.2, 0.25) is 5.88 Å². The first-order valence-electron chi connectivity index (χ1n) is 10.9. The zero-order chi connectivity index (χ0) is 23.3.